The number of nitrogens with one attached hydrogen (secondary N) is 1. The van der Waals surface area contributed by atoms with Crippen LogP contribution < -0.4 is 5.32 Å². The standard InChI is InChI=1S/C31H49NO3/c1-2-3-4-5-6-7-8-9-10-11-12-13-14-15-16-19-23-35-24-22-32-31(34)29-25-27-20-17-18-21-28(27)26-30(29)33/h17-18,20-21,25-26,33H,2-16,19,22-24H2,1H3,(H,32,34). The summed E-state index contributed by atoms with van der Waals surface area (Å²) in [4.78, 5) is 12.4. The third-order valence-corrected chi connectivity index (χ3v) is 6.78. The molecule has 0 saturated heterocycles. The topological polar surface area (TPSA) is 58.6 Å². The summed E-state index contributed by atoms with van der Waals surface area (Å²) in [7, 11) is 0. The number of hydrogen-bond donors (Lipinski definition) is 2. The molecule has 196 valence electrons. The van der Waals surface area contributed by atoms with Crippen LogP contribution in [0.3, 0.4) is 0 Å². The van der Waals surface area contributed by atoms with E-state index in [9.17, 15) is 9.90 Å². The maximum atomic E-state index is 12.4. The van der Waals surface area contributed by atoms with Crippen molar-refractivity contribution in [3.05, 3.63) is 42.0 Å². The fourth-order valence-corrected chi connectivity index (χ4v) is 4.60. The number of carbonyl (C=O) groups excluding carboxylic acids is 1. The van der Waals surface area contributed by atoms with Gasteiger partial charge in [0.1, 0.15) is 5.75 Å². The Hall–Kier alpha value is -2.07. The van der Waals surface area contributed by atoms with Gasteiger partial charge < -0.3 is 15.2 Å². The van der Waals surface area contributed by atoms with Crippen molar-refractivity contribution in [1.82, 2.24) is 5.32 Å². The number of phenolic OH excluding ortho intramolecular Hbond substituents is 1. The number of phenols is 1. The zero-order valence-corrected chi connectivity index (χ0v) is 22.2. The first-order valence-corrected chi connectivity index (χ1v) is 14.3. The lowest BCUT2D eigenvalue weighted by atomic mass is 10.0. The molecule has 2 aromatic carbocycles. The Morgan fingerprint density at radius 3 is 1.74 bits per heavy atom. The van der Waals surface area contributed by atoms with E-state index in [0.29, 0.717) is 18.7 Å². The molecule has 0 aromatic heterocycles. The monoisotopic (exact) mass is 483 g/mol. The minimum Gasteiger partial charge on any atom is -0.507 e. The molecule has 0 aliphatic heterocycles. The summed E-state index contributed by atoms with van der Waals surface area (Å²) in [5, 5.41) is 14.8. The minimum absolute atomic E-state index is 0.00952. The molecule has 4 heteroatoms. The maximum absolute atomic E-state index is 12.4. The number of rotatable bonds is 21. The van der Waals surface area contributed by atoms with Crippen molar-refractivity contribution < 1.29 is 14.6 Å². The van der Waals surface area contributed by atoms with E-state index in [1.165, 1.54) is 96.3 Å². The van der Waals surface area contributed by atoms with Gasteiger partial charge in [0, 0.05) is 13.2 Å². The first-order chi connectivity index (χ1) is 17.2. The van der Waals surface area contributed by atoms with E-state index in [-0.39, 0.29) is 11.7 Å². The van der Waals surface area contributed by atoms with Crippen molar-refractivity contribution in [2.45, 2.75) is 110 Å². The van der Waals surface area contributed by atoms with Crippen LogP contribution in [0, 0.1) is 0 Å². The van der Waals surface area contributed by atoms with Gasteiger partial charge in [-0.1, -0.05) is 128 Å². The normalized spacial score (nSPS) is 11.2. The van der Waals surface area contributed by atoms with Crippen LogP contribution in [0.1, 0.15) is 120 Å². The molecule has 2 rings (SSSR count). The lowest BCUT2D eigenvalue weighted by Gasteiger charge is -2.09. The Morgan fingerprint density at radius 1 is 0.714 bits per heavy atom. The SMILES string of the molecule is CCCCCCCCCCCCCCCCCCOCCNC(=O)c1cc2ccccc2cc1O. The van der Waals surface area contributed by atoms with Gasteiger partial charge in [0.05, 0.1) is 12.2 Å². The summed E-state index contributed by atoms with van der Waals surface area (Å²) in [6.45, 7) is 3.97. The van der Waals surface area contributed by atoms with Gasteiger partial charge in [-0.25, -0.2) is 0 Å². The average molecular weight is 484 g/mol. The Balaban J connectivity index is 1.35. The van der Waals surface area contributed by atoms with Crippen molar-refractivity contribution >= 4 is 16.7 Å². The fourth-order valence-electron chi connectivity index (χ4n) is 4.60. The van der Waals surface area contributed by atoms with E-state index in [1.807, 2.05) is 24.3 Å². The number of fused-ring (bicyclic) bond motifs is 1. The van der Waals surface area contributed by atoms with Crippen molar-refractivity contribution in [1.29, 1.82) is 0 Å². The van der Waals surface area contributed by atoms with Crippen molar-refractivity contribution in [3.63, 3.8) is 0 Å². The summed E-state index contributed by atoms with van der Waals surface area (Å²) in [6, 6.07) is 11.1. The van der Waals surface area contributed by atoms with Crippen LogP contribution in [0.5, 0.6) is 5.75 Å². The number of benzene rings is 2. The molecule has 0 heterocycles. The second-order valence-electron chi connectivity index (χ2n) is 9.89. The molecule has 0 radical (unpaired) electrons. The van der Waals surface area contributed by atoms with E-state index in [2.05, 4.69) is 12.2 Å². The van der Waals surface area contributed by atoms with E-state index in [0.717, 1.165) is 23.8 Å². The molecular weight excluding hydrogens is 434 g/mol. The number of hydrogen-bond acceptors (Lipinski definition) is 3. The van der Waals surface area contributed by atoms with E-state index < -0.39 is 0 Å². The third-order valence-electron chi connectivity index (χ3n) is 6.78. The molecule has 2 aromatic rings. The second kappa shape index (κ2) is 19.2. The summed E-state index contributed by atoms with van der Waals surface area (Å²) in [6.07, 6.45) is 21.9. The van der Waals surface area contributed by atoms with Gasteiger partial charge in [0.15, 0.2) is 0 Å². The Morgan fingerprint density at radius 2 is 1.20 bits per heavy atom. The number of aromatic hydroxyl groups is 1. The highest BCUT2D eigenvalue weighted by Crippen LogP contribution is 2.24. The van der Waals surface area contributed by atoms with Crippen molar-refractivity contribution in [2.75, 3.05) is 19.8 Å². The maximum Gasteiger partial charge on any atom is 0.255 e. The summed E-state index contributed by atoms with van der Waals surface area (Å²) >= 11 is 0. The predicted octanol–water partition coefficient (Wildman–Crippen LogP) is 8.55. The highest BCUT2D eigenvalue weighted by atomic mass is 16.5. The van der Waals surface area contributed by atoms with Crippen LogP contribution in [-0.4, -0.2) is 30.8 Å². The van der Waals surface area contributed by atoms with Crippen LogP contribution in [-0.2, 0) is 4.74 Å². The molecule has 0 atom stereocenters. The van der Waals surface area contributed by atoms with Gasteiger partial charge in [-0.2, -0.15) is 0 Å². The molecule has 0 aliphatic rings. The molecule has 2 N–H and O–H groups in total. The summed E-state index contributed by atoms with van der Waals surface area (Å²) in [5.41, 5.74) is 0.307. The Kier molecular flexibility index (Phi) is 16.0. The molecular formula is C31H49NO3. The lowest BCUT2D eigenvalue weighted by molar-refractivity contribution is 0.0909. The lowest BCUT2D eigenvalue weighted by Crippen LogP contribution is -2.27. The zero-order valence-electron chi connectivity index (χ0n) is 22.2. The van der Waals surface area contributed by atoms with Gasteiger partial charge in [-0.05, 0) is 29.3 Å². The smallest absolute Gasteiger partial charge is 0.255 e. The van der Waals surface area contributed by atoms with Gasteiger partial charge in [-0.3, -0.25) is 4.79 Å². The first-order valence-electron chi connectivity index (χ1n) is 14.3. The second-order valence-corrected chi connectivity index (χ2v) is 9.89. The van der Waals surface area contributed by atoms with Crippen LogP contribution in [0.15, 0.2) is 36.4 Å². The van der Waals surface area contributed by atoms with Crippen molar-refractivity contribution in [3.8, 4) is 5.75 Å². The van der Waals surface area contributed by atoms with Gasteiger partial charge in [0.25, 0.3) is 5.91 Å². The average Bonchev–Trinajstić information content (AvgIpc) is 2.87. The number of ether oxygens (including phenoxy) is 1. The Bertz CT molecular complexity index is 820. The van der Waals surface area contributed by atoms with Gasteiger partial charge in [-0.15, -0.1) is 0 Å². The molecule has 0 saturated carbocycles. The predicted molar refractivity (Wildman–Crippen MR) is 148 cm³/mol. The van der Waals surface area contributed by atoms with Crippen LogP contribution in [0.2, 0.25) is 0 Å². The largest absolute Gasteiger partial charge is 0.507 e. The highest BCUT2D eigenvalue weighted by Gasteiger charge is 2.11. The molecule has 4 nitrogen and oxygen atoms in total. The Labute approximate surface area is 213 Å². The molecule has 0 spiro atoms. The molecule has 0 unspecified atom stereocenters. The van der Waals surface area contributed by atoms with Gasteiger partial charge >= 0.3 is 0 Å². The third kappa shape index (κ3) is 13.0. The number of carbonyl (C=O) groups is 1. The first kappa shape index (κ1) is 29.2. The zero-order chi connectivity index (χ0) is 25.0. The highest BCUT2D eigenvalue weighted by molar-refractivity contribution is 6.01. The molecule has 1 amide bonds. The van der Waals surface area contributed by atoms with E-state index in [4.69, 9.17) is 4.74 Å². The van der Waals surface area contributed by atoms with Gasteiger partial charge in [0.2, 0.25) is 0 Å². The van der Waals surface area contributed by atoms with Crippen LogP contribution in [0.25, 0.3) is 10.8 Å². The number of unbranched alkanes of at least 4 members (excludes halogenated alkanes) is 15. The summed E-state index contributed by atoms with van der Waals surface area (Å²) in [5.74, 6) is -0.255. The quantitative estimate of drug-likeness (QED) is 0.175. The van der Waals surface area contributed by atoms with Crippen LogP contribution in [0.4, 0.5) is 0 Å². The minimum atomic E-state index is -0.265. The molecule has 0 bridgehead atoms. The van der Waals surface area contributed by atoms with E-state index >= 15 is 0 Å². The van der Waals surface area contributed by atoms with Crippen molar-refractivity contribution in [2.24, 2.45) is 0 Å². The molecule has 0 aliphatic carbocycles. The number of amides is 1. The molecule has 0 fully saturated rings. The fraction of sp³-hybridized carbons (Fsp3) is 0.645. The summed E-state index contributed by atoms with van der Waals surface area (Å²) < 4.78 is 5.66. The van der Waals surface area contributed by atoms with Crippen LogP contribution >= 0.6 is 0 Å². The van der Waals surface area contributed by atoms with E-state index in [1.54, 1.807) is 12.1 Å². The molecule has 35 heavy (non-hydrogen) atoms.